The van der Waals surface area contributed by atoms with Crippen LogP contribution in [-0.4, -0.2) is 26.4 Å². The Balaban J connectivity index is 2.85. The maximum absolute atomic E-state index is 12.1. The molecule has 0 fully saturated rings. The largest absolute Gasteiger partial charge is 0.426 e. The molecule has 23 heavy (non-hydrogen) atoms. The van der Waals surface area contributed by atoms with Crippen LogP contribution in [0.1, 0.15) is 43.9 Å². The molecule has 1 aromatic carbocycles. The van der Waals surface area contributed by atoms with Gasteiger partial charge < -0.3 is 13.8 Å². The number of benzene rings is 1. The fourth-order valence-corrected chi connectivity index (χ4v) is 2.69. The molecule has 0 amide bonds. The Morgan fingerprint density at radius 2 is 1.83 bits per heavy atom. The molecule has 0 saturated heterocycles. The van der Waals surface area contributed by atoms with Gasteiger partial charge in [0.1, 0.15) is 5.75 Å². The van der Waals surface area contributed by atoms with Crippen molar-refractivity contribution >= 4 is 13.6 Å². The topological polar surface area (TPSA) is 61.8 Å². The van der Waals surface area contributed by atoms with Crippen LogP contribution in [0.2, 0.25) is 0 Å². The molecule has 130 valence electrons. The average Bonchev–Trinajstić information content (AvgIpc) is 2.40. The van der Waals surface area contributed by atoms with Crippen LogP contribution < -0.4 is 4.74 Å². The number of hydrogen-bond donors (Lipinski definition) is 0. The summed E-state index contributed by atoms with van der Waals surface area (Å²) in [6.45, 7) is 11.5. The van der Waals surface area contributed by atoms with Gasteiger partial charge in [-0.3, -0.25) is 9.36 Å². The van der Waals surface area contributed by atoms with Gasteiger partial charge in [0, 0.05) is 19.3 Å². The van der Waals surface area contributed by atoms with E-state index in [4.69, 9.17) is 13.8 Å². The number of esters is 1. The lowest BCUT2D eigenvalue weighted by atomic mass is 9.84. The molecular formula is C17H27O5P. The first-order valence-electron chi connectivity index (χ1n) is 7.56. The predicted molar refractivity (Wildman–Crippen MR) is 91.4 cm³/mol. The molecule has 0 aliphatic heterocycles. The lowest BCUT2D eigenvalue weighted by Gasteiger charge is -2.24. The van der Waals surface area contributed by atoms with Crippen molar-refractivity contribution in [3.63, 3.8) is 0 Å². The molecule has 0 spiro atoms. The van der Waals surface area contributed by atoms with Crippen LogP contribution in [0.4, 0.5) is 0 Å². The van der Waals surface area contributed by atoms with Crippen LogP contribution >= 0.6 is 7.60 Å². The van der Waals surface area contributed by atoms with Crippen molar-refractivity contribution in [1.29, 1.82) is 0 Å². The van der Waals surface area contributed by atoms with Crippen LogP contribution in [0, 0.1) is 13.8 Å². The third-order valence-electron chi connectivity index (χ3n) is 3.41. The average molecular weight is 342 g/mol. The summed E-state index contributed by atoms with van der Waals surface area (Å²) in [7, 11) is -1.76. The van der Waals surface area contributed by atoms with Crippen molar-refractivity contribution in [2.24, 2.45) is 0 Å². The van der Waals surface area contributed by atoms with Crippen molar-refractivity contribution in [2.45, 2.75) is 46.5 Å². The molecule has 6 heteroatoms. The van der Waals surface area contributed by atoms with E-state index >= 15 is 0 Å². The highest BCUT2D eigenvalue weighted by Crippen LogP contribution is 2.42. The molecule has 0 N–H and O–H groups in total. The number of carbonyl (C=O) groups is 1. The van der Waals surface area contributed by atoms with Gasteiger partial charge in [0.25, 0.3) is 0 Å². The zero-order valence-electron chi connectivity index (χ0n) is 15.1. The lowest BCUT2D eigenvalue weighted by molar-refractivity contribution is -0.135. The molecule has 1 unspecified atom stereocenters. The summed E-state index contributed by atoms with van der Waals surface area (Å²) in [6, 6.07) is 4.02. The van der Waals surface area contributed by atoms with Crippen molar-refractivity contribution in [2.75, 3.05) is 20.4 Å². The Labute approximate surface area is 138 Å². The smallest absolute Gasteiger partial charge is 0.327 e. The molecule has 0 heterocycles. The fraction of sp³-hybridized carbons (Fsp3) is 0.588. The van der Waals surface area contributed by atoms with E-state index in [0.717, 1.165) is 16.7 Å². The third kappa shape index (κ3) is 6.09. The van der Waals surface area contributed by atoms with Crippen LogP contribution in [0.15, 0.2) is 12.1 Å². The molecule has 0 aromatic heterocycles. The Bertz CT molecular complexity index is 616. The summed E-state index contributed by atoms with van der Waals surface area (Å²) in [4.78, 5) is 12.1. The van der Waals surface area contributed by atoms with E-state index in [9.17, 15) is 9.36 Å². The van der Waals surface area contributed by atoms with Gasteiger partial charge in [0.05, 0.1) is 13.0 Å². The zero-order valence-corrected chi connectivity index (χ0v) is 16.0. The molecule has 1 rings (SSSR count). The maximum atomic E-state index is 12.1. The number of rotatable bonds is 6. The van der Waals surface area contributed by atoms with Crippen molar-refractivity contribution in [1.82, 2.24) is 0 Å². The number of carbonyl (C=O) groups excluding carboxylic acids is 1. The summed E-state index contributed by atoms with van der Waals surface area (Å²) in [6.07, 6.45) is 0.0120. The first kappa shape index (κ1) is 19.9. The Morgan fingerprint density at radius 3 is 2.35 bits per heavy atom. The van der Waals surface area contributed by atoms with E-state index in [2.05, 4.69) is 20.8 Å². The number of ether oxygens (including phenoxy) is 1. The van der Waals surface area contributed by atoms with Gasteiger partial charge >= 0.3 is 13.6 Å². The molecule has 0 bridgehead atoms. The highest BCUT2D eigenvalue weighted by molar-refractivity contribution is 7.52. The van der Waals surface area contributed by atoms with Gasteiger partial charge in [-0.15, -0.1) is 0 Å². The van der Waals surface area contributed by atoms with Gasteiger partial charge in [-0.05, 0) is 24.8 Å². The van der Waals surface area contributed by atoms with E-state index in [-0.39, 0.29) is 18.4 Å². The van der Waals surface area contributed by atoms with Crippen LogP contribution in [-0.2, 0) is 23.8 Å². The van der Waals surface area contributed by atoms with Gasteiger partial charge in [-0.2, -0.15) is 0 Å². The molecule has 1 aromatic rings. The second-order valence-corrected chi connectivity index (χ2v) is 8.89. The number of aryl methyl sites for hydroxylation is 2. The summed E-state index contributed by atoms with van der Waals surface area (Å²) in [5.41, 5.74) is 2.89. The minimum absolute atomic E-state index is 0.00376. The minimum atomic E-state index is -3.07. The third-order valence-corrected chi connectivity index (χ3v) is 4.72. The molecule has 0 aliphatic rings. The minimum Gasteiger partial charge on any atom is -0.426 e. The second-order valence-electron chi connectivity index (χ2n) is 6.72. The Hall–Kier alpha value is -1.16. The molecule has 0 saturated carbocycles. The SMILES string of the molecule is COP(C)(=O)OCCC(=O)Oc1c(C)cc(C)cc1C(C)(C)C. The van der Waals surface area contributed by atoms with E-state index in [1.54, 1.807) is 0 Å². The fourth-order valence-electron chi connectivity index (χ4n) is 2.16. The molecule has 0 aliphatic carbocycles. The summed E-state index contributed by atoms with van der Waals surface area (Å²) in [5, 5.41) is 0. The predicted octanol–water partition coefficient (Wildman–Crippen LogP) is 4.38. The molecular weight excluding hydrogens is 315 g/mol. The summed E-state index contributed by atoms with van der Waals surface area (Å²) in [5.74, 6) is 0.179. The highest BCUT2D eigenvalue weighted by atomic mass is 31.2. The standard InChI is InChI=1S/C17H27O5P/c1-12-10-13(2)16(14(11-12)17(3,4)5)22-15(18)8-9-21-23(7,19)20-6/h10-11H,8-9H2,1-7H3. The van der Waals surface area contributed by atoms with Crippen LogP contribution in [0.3, 0.4) is 0 Å². The van der Waals surface area contributed by atoms with E-state index in [0.29, 0.717) is 5.75 Å². The zero-order chi connectivity index (χ0) is 17.8. The highest BCUT2D eigenvalue weighted by Gasteiger charge is 2.23. The first-order chi connectivity index (χ1) is 10.5. The quantitative estimate of drug-likeness (QED) is 0.436. The molecule has 0 radical (unpaired) electrons. The first-order valence-corrected chi connectivity index (χ1v) is 9.55. The van der Waals surface area contributed by atoms with Gasteiger partial charge in [-0.25, -0.2) is 0 Å². The van der Waals surface area contributed by atoms with E-state index < -0.39 is 13.6 Å². The van der Waals surface area contributed by atoms with Gasteiger partial charge in [0.15, 0.2) is 0 Å². The van der Waals surface area contributed by atoms with Crippen LogP contribution in [0.5, 0.6) is 5.75 Å². The molecule has 1 atom stereocenters. The van der Waals surface area contributed by atoms with E-state index in [1.165, 1.54) is 13.8 Å². The number of hydrogen-bond acceptors (Lipinski definition) is 5. The maximum Gasteiger partial charge on any atom is 0.327 e. The van der Waals surface area contributed by atoms with Crippen LogP contribution in [0.25, 0.3) is 0 Å². The van der Waals surface area contributed by atoms with Crippen molar-refractivity contribution in [3.05, 3.63) is 28.8 Å². The van der Waals surface area contributed by atoms with E-state index in [1.807, 2.05) is 26.0 Å². The summed E-state index contributed by atoms with van der Waals surface area (Å²) >= 11 is 0. The summed E-state index contributed by atoms with van der Waals surface area (Å²) < 4.78 is 26.9. The lowest BCUT2D eigenvalue weighted by Crippen LogP contribution is -2.18. The van der Waals surface area contributed by atoms with Crippen molar-refractivity contribution in [3.8, 4) is 5.75 Å². The molecule has 5 nitrogen and oxygen atoms in total. The Morgan fingerprint density at radius 1 is 1.22 bits per heavy atom. The monoisotopic (exact) mass is 342 g/mol. The Kier molecular flexibility index (Phi) is 6.58. The van der Waals surface area contributed by atoms with Gasteiger partial charge in [-0.1, -0.05) is 38.5 Å². The van der Waals surface area contributed by atoms with Gasteiger partial charge in [0.2, 0.25) is 0 Å². The normalized spacial score (nSPS) is 14.4. The second kappa shape index (κ2) is 7.61. The van der Waals surface area contributed by atoms with Crippen molar-refractivity contribution < 1.29 is 23.1 Å².